The summed E-state index contributed by atoms with van der Waals surface area (Å²) in [4.78, 5) is 21.4. The summed E-state index contributed by atoms with van der Waals surface area (Å²) in [6.07, 6.45) is 7.41. The predicted molar refractivity (Wildman–Crippen MR) is 113 cm³/mol. The molecule has 0 radical (unpaired) electrons. The van der Waals surface area contributed by atoms with Gasteiger partial charge in [-0.3, -0.25) is 4.79 Å². The Labute approximate surface area is 170 Å². The second-order valence-electron chi connectivity index (χ2n) is 7.87. The van der Waals surface area contributed by atoms with Crippen LogP contribution in [0, 0.1) is 13.8 Å². The summed E-state index contributed by atoms with van der Waals surface area (Å²) in [6, 6.07) is 2.72. The molecule has 1 unspecified atom stereocenters. The first-order chi connectivity index (χ1) is 13.0. The van der Waals surface area contributed by atoms with E-state index in [4.69, 9.17) is 4.98 Å². The number of nitrogens with zero attached hydrogens (tertiary/aromatic N) is 3. The van der Waals surface area contributed by atoms with Crippen LogP contribution >= 0.6 is 23.1 Å². The molecule has 0 bridgehead atoms. The van der Waals surface area contributed by atoms with Crippen molar-refractivity contribution in [2.75, 3.05) is 6.54 Å². The van der Waals surface area contributed by atoms with Gasteiger partial charge in [-0.1, -0.05) is 31.0 Å². The number of aromatic nitrogens is 2. The van der Waals surface area contributed by atoms with Crippen molar-refractivity contribution in [2.24, 2.45) is 0 Å². The van der Waals surface area contributed by atoms with E-state index >= 15 is 0 Å². The Balaban J connectivity index is 1.49. The van der Waals surface area contributed by atoms with Crippen LogP contribution in [0.5, 0.6) is 0 Å². The average molecular weight is 404 g/mol. The summed E-state index contributed by atoms with van der Waals surface area (Å²) in [7, 11) is 0. The van der Waals surface area contributed by atoms with Crippen molar-refractivity contribution in [1.29, 1.82) is 0 Å². The standard InChI is InChI=1S/C21H29N3OS2/c1-14-15(2)24(18-7-5-4-6-8-18)21(22-14)27-16(3)20(25)23-11-9-19-17(13-23)10-12-26-19/h10,12,16,18H,4-9,11,13H2,1-3H3. The molecule has 2 aliphatic rings. The Morgan fingerprint density at radius 2 is 2.07 bits per heavy atom. The number of hydrogen-bond donors (Lipinski definition) is 0. The maximum absolute atomic E-state index is 13.1. The third kappa shape index (κ3) is 3.83. The minimum atomic E-state index is -0.103. The molecule has 1 fully saturated rings. The van der Waals surface area contributed by atoms with Crippen LogP contribution in [0.1, 0.15) is 66.9 Å². The van der Waals surface area contributed by atoms with Gasteiger partial charge in [-0.05, 0) is 57.0 Å². The van der Waals surface area contributed by atoms with E-state index in [1.54, 1.807) is 11.8 Å². The highest BCUT2D eigenvalue weighted by Crippen LogP contribution is 2.36. The van der Waals surface area contributed by atoms with Crippen molar-refractivity contribution in [3.8, 4) is 0 Å². The van der Waals surface area contributed by atoms with Gasteiger partial charge in [0.25, 0.3) is 0 Å². The van der Waals surface area contributed by atoms with E-state index in [-0.39, 0.29) is 11.2 Å². The molecular weight excluding hydrogens is 374 g/mol. The summed E-state index contributed by atoms with van der Waals surface area (Å²) in [5.41, 5.74) is 3.70. The van der Waals surface area contributed by atoms with Gasteiger partial charge in [0.2, 0.25) is 5.91 Å². The van der Waals surface area contributed by atoms with E-state index in [0.29, 0.717) is 6.04 Å². The van der Waals surface area contributed by atoms with Crippen molar-refractivity contribution in [2.45, 2.75) is 82.3 Å². The fraction of sp³-hybridized carbons (Fsp3) is 0.619. The maximum atomic E-state index is 13.1. The topological polar surface area (TPSA) is 38.1 Å². The van der Waals surface area contributed by atoms with Crippen molar-refractivity contribution in [1.82, 2.24) is 14.5 Å². The van der Waals surface area contributed by atoms with E-state index in [1.807, 2.05) is 23.2 Å². The predicted octanol–water partition coefficient (Wildman–Crippen LogP) is 5.13. The lowest BCUT2D eigenvalue weighted by Gasteiger charge is -2.30. The van der Waals surface area contributed by atoms with Crippen LogP contribution in [-0.2, 0) is 17.8 Å². The van der Waals surface area contributed by atoms with Crippen molar-refractivity contribution < 1.29 is 4.79 Å². The number of carbonyl (C=O) groups excluding carboxylic acids is 1. The SMILES string of the molecule is Cc1nc(SC(C)C(=O)N2CCc3sccc3C2)n(C2CCCCC2)c1C. The quantitative estimate of drug-likeness (QED) is 0.664. The fourth-order valence-corrected chi connectivity index (χ4v) is 6.40. The summed E-state index contributed by atoms with van der Waals surface area (Å²) in [6.45, 7) is 7.91. The van der Waals surface area contributed by atoms with Gasteiger partial charge in [0.15, 0.2) is 5.16 Å². The van der Waals surface area contributed by atoms with Crippen molar-refractivity contribution >= 4 is 29.0 Å². The Morgan fingerprint density at radius 1 is 1.30 bits per heavy atom. The second-order valence-corrected chi connectivity index (χ2v) is 10.2. The number of thiophene rings is 1. The van der Waals surface area contributed by atoms with E-state index < -0.39 is 0 Å². The van der Waals surface area contributed by atoms with E-state index in [1.165, 1.54) is 48.2 Å². The number of fused-ring (bicyclic) bond motifs is 1. The first kappa shape index (κ1) is 19.1. The molecule has 1 atom stereocenters. The van der Waals surface area contributed by atoms with Crippen LogP contribution in [-0.4, -0.2) is 32.2 Å². The number of imidazole rings is 1. The number of thioether (sulfide) groups is 1. The number of rotatable bonds is 4. The molecule has 1 saturated carbocycles. The van der Waals surface area contributed by atoms with Crippen LogP contribution in [0.3, 0.4) is 0 Å². The van der Waals surface area contributed by atoms with Crippen LogP contribution in [0.25, 0.3) is 0 Å². The van der Waals surface area contributed by atoms with Gasteiger partial charge in [0.1, 0.15) is 0 Å². The molecule has 0 aromatic carbocycles. The first-order valence-electron chi connectivity index (χ1n) is 10.1. The summed E-state index contributed by atoms with van der Waals surface area (Å²) >= 11 is 3.46. The Bertz CT molecular complexity index is 820. The molecular formula is C21H29N3OS2. The Hall–Kier alpha value is -1.27. The molecule has 0 saturated heterocycles. The fourth-order valence-electron chi connectivity index (χ4n) is 4.35. The molecule has 0 spiro atoms. The van der Waals surface area contributed by atoms with Crippen LogP contribution in [0.4, 0.5) is 0 Å². The van der Waals surface area contributed by atoms with Gasteiger partial charge in [-0.2, -0.15) is 0 Å². The Kier molecular flexibility index (Phi) is 5.65. The first-order valence-corrected chi connectivity index (χ1v) is 11.9. The minimum Gasteiger partial charge on any atom is -0.337 e. The second kappa shape index (κ2) is 8.00. The summed E-state index contributed by atoms with van der Waals surface area (Å²) < 4.78 is 2.43. The highest BCUT2D eigenvalue weighted by atomic mass is 32.2. The number of amides is 1. The number of aryl methyl sites for hydroxylation is 1. The minimum absolute atomic E-state index is 0.103. The molecule has 27 heavy (non-hydrogen) atoms. The highest BCUT2D eigenvalue weighted by Gasteiger charge is 2.29. The van der Waals surface area contributed by atoms with Gasteiger partial charge in [0, 0.05) is 29.7 Å². The lowest BCUT2D eigenvalue weighted by molar-refractivity contribution is -0.131. The number of carbonyl (C=O) groups is 1. The highest BCUT2D eigenvalue weighted by molar-refractivity contribution is 8.00. The molecule has 2 aromatic heterocycles. The summed E-state index contributed by atoms with van der Waals surface area (Å²) in [5, 5.41) is 3.07. The lowest BCUT2D eigenvalue weighted by atomic mass is 9.95. The van der Waals surface area contributed by atoms with Crippen molar-refractivity contribution in [3.63, 3.8) is 0 Å². The van der Waals surface area contributed by atoms with Crippen LogP contribution in [0.2, 0.25) is 0 Å². The van der Waals surface area contributed by atoms with Crippen LogP contribution in [0.15, 0.2) is 16.6 Å². The van der Waals surface area contributed by atoms with Gasteiger partial charge in [-0.25, -0.2) is 4.98 Å². The monoisotopic (exact) mass is 403 g/mol. The van der Waals surface area contributed by atoms with E-state index in [0.717, 1.165) is 30.4 Å². The smallest absolute Gasteiger partial charge is 0.236 e. The van der Waals surface area contributed by atoms with E-state index in [9.17, 15) is 4.79 Å². The molecule has 146 valence electrons. The molecule has 0 N–H and O–H groups in total. The maximum Gasteiger partial charge on any atom is 0.236 e. The van der Waals surface area contributed by atoms with E-state index in [2.05, 4.69) is 29.9 Å². The average Bonchev–Trinajstić information content (AvgIpc) is 3.25. The van der Waals surface area contributed by atoms with Gasteiger partial charge < -0.3 is 9.47 Å². The zero-order valence-corrected chi connectivity index (χ0v) is 18.2. The largest absolute Gasteiger partial charge is 0.337 e. The number of hydrogen-bond acceptors (Lipinski definition) is 4. The third-order valence-electron chi connectivity index (χ3n) is 6.04. The van der Waals surface area contributed by atoms with Crippen LogP contribution < -0.4 is 0 Å². The molecule has 4 nitrogen and oxygen atoms in total. The zero-order chi connectivity index (χ0) is 19.0. The lowest BCUT2D eigenvalue weighted by Crippen LogP contribution is -2.39. The third-order valence-corrected chi connectivity index (χ3v) is 8.12. The van der Waals surface area contributed by atoms with Crippen molar-refractivity contribution in [3.05, 3.63) is 33.3 Å². The summed E-state index contributed by atoms with van der Waals surface area (Å²) in [5.74, 6) is 0.241. The zero-order valence-electron chi connectivity index (χ0n) is 16.5. The molecule has 1 aliphatic heterocycles. The van der Waals surface area contributed by atoms with Gasteiger partial charge in [-0.15, -0.1) is 11.3 Å². The molecule has 4 rings (SSSR count). The molecule has 3 heterocycles. The molecule has 2 aromatic rings. The van der Waals surface area contributed by atoms with Gasteiger partial charge in [0.05, 0.1) is 10.9 Å². The molecule has 1 amide bonds. The molecule has 6 heteroatoms. The molecule has 1 aliphatic carbocycles. The normalized spacial score (nSPS) is 19.1. The van der Waals surface area contributed by atoms with Gasteiger partial charge >= 0.3 is 0 Å². The Morgan fingerprint density at radius 3 is 2.85 bits per heavy atom.